The van der Waals surface area contributed by atoms with E-state index in [1.807, 2.05) is 6.92 Å². The van der Waals surface area contributed by atoms with E-state index in [4.69, 9.17) is 0 Å². The van der Waals surface area contributed by atoms with Gasteiger partial charge in [0, 0.05) is 0 Å². The Kier molecular flexibility index (Phi) is 1.96. The van der Waals surface area contributed by atoms with Gasteiger partial charge in [-0.05, 0) is 41.8 Å². The number of aromatic amines is 1. The summed E-state index contributed by atoms with van der Waals surface area (Å²) in [5.74, 6) is 0.973. The Bertz CT molecular complexity index is 665. The molecule has 0 aliphatic heterocycles. The van der Waals surface area contributed by atoms with E-state index in [-0.39, 0.29) is 0 Å². The molecule has 0 radical (unpaired) electrons. The fourth-order valence-corrected chi connectivity index (χ4v) is 2.15. The molecule has 1 N–H and O–H groups in total. The van der Waals surface area contributed by atoms with Gasteiger partial charge >= 0.3 is 0 Å². The van der Waals surface area contributed by atoms with Crippen LogP contribution in [0, 0.1) is 6.92 Å². The van der Waals surface area contributed by atoms with Crippen LogP contribution in [-0.4, -0.2) is 9.97 Å². The van der Waals surface area contributed by atoms with E-state index in [9.17, 15) is 0 Å². The predicted molar refractivity (Wildman–Crippen MR) is 67.7 cm³/mol. The molecular formula is C14H14N2. The third-order valence-electron chi connectivity index (χ3n) is 3.03. The third-order valence-corrected chi connectivity index (χ3v) is 3.03. The van der Waals surface area contributed by atoms with E-state index >= 15 is 0 Å². The highest BCUT2D eigenvalue weighted by molar-refractivity contribution is 5.95. The Labute approximate surface area is 94.3 Å². The van der Waals surface area contributed by atoms with Crippen LogP contribution in [0.3, 0.4) is 0 Å². The summed E-state index contributed by atoms with van der Waals surface area (Å²) in [6, 6.07) is 11.0. The van der Waals surface area contributed by atoms with Crippen molar-refractivity contribution in [1.82, 2.24) is 9.97 Å². The van der Waals surface area contributed by atoms with Crippen LogP contribution in [-0.2, 0) is 6.42 Å². The molecule has 0 saturated carbocycles. The predicted octanol–water partition coefficient (Wildman–Crippen LogP) is 3.59. The van der Waals surface area contributed by atoms with Gasteiger partial charge in [-0.1, -0.05) is 25.1 Å². The molecule has 0 aliphatic carbocycles. The molecule has 0 amide bonds. The first kappa shape index (κ1) is 9.40. The first-order valence-corrected chi connectivity index (χ1v) is 5.65. The molecule has 1 aromatic heterocycles. The summed E-state index contributed by atoms with van der Waals surface area (Å²) >= 11 is 0. The van der Waals surface area contributed by atoms with Gasteiger partial charge in [0.1, 0.15) is 5.82 Å². The summed E-state index contributed by atoms with van der Waals surface area (Å²) in [4.78, 5) is 7.73. The first-order chi connectivity index (χ1) is 7.76. The van der Waals surface area contributed by atoms with E-state index in [1.165, 1.54) is 16.3 Å². The van der Waals surface area contributed by atoms with Crippen LogP contribution < -0.4 is 0 Å². The minimum atomic E-state index is 0.973. The summed E-state index contributed by atoms with van der Waals surface area (Å²) in [6.07, 6.45) is 1.08. The van der Waals surface area contributed by atoms with Gasteiger partial charge in [0.2, 0.25) is 0 Å². The van der Waals surface area contributed by atoms with Gasteiger partial charge in [0.05, 0.1) is 11.0 Å². The van der Waals surface area contributed by atoms with Crippen molar-refractivity contribution in [2.75, 3.05) is 0 Å². The topological polar surface area (TPSA) is 28.7 Å². The van der Waals surface area contributed by atoms with Gasteiger partial charge in [-0.25, -0.2) is 4.98 Å². The zero-order chi connectivity index (χ0) is 11.1. The van der Waals surface area contributed by atoms with Gasteiger partial charge < -0.3 is 4.98 Å². The Balaban J connectivity index is 2.36. The lowest BCUT2D eigenvalue weighted by Crippen LogP contribution is -1.80. The molecule has 3 rings (SSSR count). The first-order valence-electron chi connectivity index (χ1n) is 5.65. The summed E-state index contributed by atoms with van der Waals surface area (Å²) in [5, 5.41) is 2.55. The zero-order valence-corrected chi connectivity index (χ0v) is 9.54. The Morgan fingerprint density at radius 1 is 1.12 bits per heavy atom. The molecule has 2 heteroatoms. The lowest BCUT2D eigenvalue weighted by atomic mass is 10.0. The van der Waals surface area contributed by atoms with Crippen molar-refractivity contribution < 1.29 is 0 Å². The summed E-state index contributed by atoms with van der Waals surface area (Å²) < 4.78 is 0. The lowest BCUT2D eigenvalue weighted by molar-refractivity contribution is 1.15. The Morgan fingerprint density at radius 3 is 2.81 bits per heavy atom. The zero-order valence-electron chi connectivity index (χ0n) is 9.54. The van der Waals surface area contributed by atoms with Gasteiger partial charge in [-0.15, -0.1) is 0 Å². The Hall–Kier alpha value is -1.83. The molecule has 0 unspecified atom stereocenters. The monoisotopic (exact) mass is 210 g/mol. The molecule has 1 heterocycles. The molecule has 3 aromatic rings. The standard InChI is InChI=1S/C14H14N2/c1-3-10-4-5-11-7-13-14(8-12(11)6-10)16-9(2)15-13/h4-8H,3H2,1-2H3,(H,15,16). The number of H-pyrrole nitrogens is 1. The van der Waals surface area contributed by atoms with Crippen molar-refractivity contribution in [3.8, 4) is 0 Å². The highest BCUT2D eigenvalue weighted by atomic mass is 14.9. The number of nitrogens with one attached hydrogen (secondary N) is 1. The molecule has 0 aliphatic rings. The third kappa shape index (κ3) is 1.38. The lowest BCUT2D eigenvalue weighted by Gasteiger charge is -2.01. The minimum Gasteiger partial charge on any atom is -0.342 e. The Morgan fingerprint density at radius 2 is 2.00 bits per heavy atom. The van der Waals surface area contributed by atoms with Crippen LogP contribution in [0.1, 0.15) is 18.3 Å². The second-order valence-corrected chi connectivity index (χ2v) is 4.23. The highest BCUT2D eigenvalue weighted by Gasteiger charge is 2.02. The van der Waals surface area contributed by atoms with E-state index in [0.29, 0.717) is 0 Å². The number of benzene rings is 2. The fourth-order valence-electron chi connectivity index (χ4n) is 2.15. The number of fused-ring (bicyclic) bond motifs is 2. The number of aryl methyl sites for hydroxylation is 2. The van der Waals surface area contributed by atoms with Crippen molar-refractivity contribution in [2.24, 2.45) is 0 Å². The summed E-state index contributed by atoms with van der Waals surface area (Å²) in [5.41, 5.74) is 3.55. The van der Waals surface area contributed by atoms with Crippen molar-refractivity contribution in [2.45, 2.75) is 20.3 Å². The number of aromatic nitrogens is 2. The van der Waals surface area contributed by atoms with E-state index < -0.39 is 0 Å². The highest BCUT2D eigenvalue weighted by Crippen LogP contribution is 2.22. The molecule has 0 bridgehead atoms. The van der Waals surface area contributed by atoms with Crippen LogP contribution in [0.2, 0.25) is 0 Å². The van der Waals surface area contributed by atoms with Crippen molar-refractivity contribution >= 4 is 21.8 Å². The SMILES string of the molecule is CCc1ccc2cc3nc(C)[nH]c3cc2c1. The molecule has 0 fully saturated rings. The van der Waals surface area contributed by atoms with Crippen LogP contribution in [0.25, 0.3) is 21.8 Å². The molecular weight excluding hydrogens is 196 g/mol. The maximum atomic E-state index is 4.45. The minimum absolute atomic E-state index is 0.973. The van der Waals surface area contributed by atoms with E-state index in [2.05, 4.69) is 47.2 Å². The maximum absolute atomic E-state index is 4.45. The van der Waals surface area contributed by atoms with Crippen molar-refractivity contribution in [3.63, 3.8) is 0 Å². The summed E-state index contributed by atoms with van der Waals surface area (Å²) in [7, 11) is 0. The van der Waals surface area contributed by atoms with Gasteiger partial charge in [0.15, 0.2) is 0 Å². The molecule has 0 atom stereocenters. The number of imidazole rings is 1. The number of hydrogen-bond acceptors (Lipinski definition) is 1. The second-order valence-electron chi connectivity index (χ2n) is 4.23. The smallest absolute Gasteiger partial charge is 0.104 e. The average molecular weight is 210 g/mol. The number of nitrogens with zero attached hydrogens (tertiary/aromatic N) is 1. The molecule has 2 aromatic carbocycles. The van der Waals surface area contributed by atoms with Crippen LogP contribution >= 0.6 is 0 Å². The average Bonchev–Trinajstić information content (AvgIpc) is 2.64. The van der Waals surface area contributed by atoms with Gasteiger partial charge in [0.25, 0.3) is 0 Å². The maximum Gasteiger partial charge on any atom is 0.104 e. The number of hydrogen-bond donors (Lipinski definition) is 1. The van der Waals surface area contributed by atoms with Gasteiger partial charge in [-0.3, -0.25) is 0 Å². The van der Waals surface area contributed by atoms with Crippen molar-refractivity contribution in [1.29, 1.82) is 0 Å². The molecule has 80 valence electrons. The molecule has 0 spiro atoms. The van der Waals surface area contributed by atoms with Gasteiger partial charge in [-0.2, -0.15) is 0 Å². The van der Waals surface area contributed by atoms with E-state index in [1.54, 1.807) is 0 Å². The quantitative estimate of drug-likeness (QED) is 0.653. The van der Waals surface area contributed by atoms with E-state index in [0.717, 1.165) is 23.3 Å². The van der Waals surface area contributed by atoms with Crippen molar-refractivity contribution in [3.05, 3.63) is 41.7 Å². The number of rotatable bonds is 1. The van der Waals surface area contributed by atoms with Crippen LogP contribution in [0.15, 0.2) is 30.3 Å². The second kappa shape index (κ2) is 3.34. The fraction of sp³-hybridized carbons (Fsp3) is 0.214. The largest absolute Gasteiger partial charge is 0.342 e. The molecule has 16 heavy (non-hydrogen) atoms. The van der Waals surface area contributed by atoms with Crippen LogP contribution in [0.4, 0.5) is 0 Å². The van der Waals surface area contributed by atoms with Crippen LogP contribution in [0.5, 0.6) is 0 Å². The molecule has 0 saturated heterocycles. The normalized spacial score (nSPS) is 11.4. The molecule has 2 nitrogen and oxygen atoms in total. The summed E-state index contributed by atoms with van der Waals surface area (Å²) in [6.45, 7) is 4.17.